The van der Waals surface area contributed by atoms with Crippen LogP contribution in [0.5, 0.6) is 5.19 Å². The Morgan fingerprint density at radius 2 is 2.14 bits per heavy atom. The lowest BCUT2D eigenvalue weighted by Gasteiger charge is -2.20. The predicted molar refractivity (Wildman–Crippen MR) is 55.8 cm³/mol. The fourth-order valence-corrected chi connectivity index (χ4v) is 3.08. The van der Waals surface area contributed by atoms with Gasteiger partial charge in [0.15, 0.2) is 0 Å². The van der Waals surface area contributed by atoms with Crippen LogP contribution in [0.4, 0.5) is 5.13 Å². The van der Waals surface area contributed by atoms with Crippen LogP contribution in [0.25, 0.3) is 0 Å². The minimum Gasteiger partial charge on any atom is -0.466 e. The molecule has 1 aliphatic heterocycles. The van der Waals surface area contributed by atoms with Crippen molar-refractivity contribution >= 4 is 27.3 Å². The molecular formula is C7H11N3O2S2. The van der Waals surface area contributed by atoms with Crippen molar-refractivity contribution in [3.8, 4) is 5.19 Å². The summed E-state index contributed by atoms with van der Waals surface area (Å²) in [6.07, 6.45) is 1.78. The van der Waals surface area contributed by atoms with Gasteiger partial charge in [0.25, 0.3) is 5.19 Å². The monoisotopic (exact) mass is 233 g/mol. The van der Waals surface area contributed by atoms with Gasteiger partial charge >= 0.3 is 0 Å². The molecule has 1 aliphatic rings. The molecule has 0 amide bonds. The Morgan fingerprint density at radius 3 is 2.71 bits per heavy atom. The molecule has 0 aromatic carbocycles. The fourth-order valence-electron chi connectivity index (χ4n) is 1.30. The molecule has 0 unspecified atom stereocenters. The van der Waals surface area contributed by atoms with E-state index in [9.17, 15) is 4.21 Å². The summed E-state index contributed by atoms with van der Waals surface area (Å²) in [4.78, 5) is 0. The molecular weight excluding hydrogens is 222 g/mol. The van der Waals surface area contributed by atoms with E-state index in [0.29, 0.717) is 10.3 Å². The first-order valence-corrected chi connectivity index (χ1v) is 6.65. The maximum Gasteiger partial charge on any atom is 0.296 e. The Labute approximate surface area is 88.1 Å². The largest absolute Gasteiger partial charge is 0.466 e. The van der Waals surface area contributed by atoms with Crippen LogP contribution in [0.1, 0.15) is 12.8 Å². The van der Waals surface area contributed by atoms with E-state index in [1.54, 1.807) is 0 Å². The van der Waals surface area contributed by atoms with Gasteiger partial charge in [-0.05, 0) is 24.2 Å². The van der Waals surface area contributed by atoms with E-state index in [1.165, 1.54) is 11.3 Å². The van der Waals surface area contributed by atoms with Gasteiger partial charge in [-0.15, -0.1) is 5.10 Å². The highest BCUT2D eigenvalue weighted by Gasteiger charge is 2.20. The predicted octanol–water partition coefficient (Wildman–Crippen LogP) is 0.410. The molecule has 1 aromatic heterocycles. The first-order valence-electron chi connectivity index (χ1n) is 4.34. The molecule has 2 heterocycles. The number of nitrogen functional groups attached to an aromatic ring is 1. The topological polar surface area (TPSA) is 78.1 Å². The number of aromatic nitrogens is 2. The van der Waals surface area contributed by atoms with Crippen LogP contribution in [-0.2, 0) is 10.8 Å². The van der Waals surface area contributed by atoms with Gasteiger partial charge in [0, 0.05) is 22.3 Å². The number of nitrogens with zero attached hydrogens (tertiary/aromatic N) is 2. The van der Waals surface area contributed by atoms with Crippen LogP contribution in [0.3, 0.4) is 0 Å². The number of nitrogens with two attached hydrogens (primary N) is 1. The zero-order valence-corrected chi connectivity index (χ0v) is 9.14. The van der Waals surface area contributed by atoms with Gasteiger partial charge in [-0.1, -0.05) is 5.10 Å². The second-order valence-electron chi connectivity index (χ2n) is 3.07. The number of anilines is 1. The lowest BCUT2D eigenvalue weighted by Crippen LogP contribution is -2.27. The van der Waals surface area contributed by atoms with Gasteiger partial charge in [0.1, 0.15) is 6.10 Å². The number of hydrogen-bond donors (Lipinski definition) is 1. The molecule has 0 saturated carbocycles. The van der Waals surface area contributed by atoms with E-state index >= 15 is 0 Å². The smallest absolute Gasteiger partial charge is 0.296 e. The molecule has 0 radical (unpaired) electrons. The SMILES string of the molecule is Nc1nnc(OC2CCS(=O)CC2)s1. The van der Waals surface area contributed by atoms with Crippen LogP contribution < -0.4 is 10.5 Å². The van der Waals surface area contributed by atoms with Crippen LogP contribution >= 0.6 is 11.3 Å². The first-order chi connectivity index (χ1) is 6.74. The molecule has 7 heteroatoms. The first kappa shape index (κ1) is 9.85. The Balaban J connectivity index is 1.89. The molecule has 2 rings (SSSR count). The van der Waals surface area contributed by atoms with E-state index in [0.717, 1.165) is 24.3 Å². The Morgan fingerprint density at radius 1 is 1.43 bits per heavy atom. The average Bonchev–Trinajstić information content (AvgIpc) is 2.56. The van der Waals surface area contributed by atoms with Crippen molar-refractivity contribution in [3.05, 3.63) is 0 Å². The van der Waals surface area contributed by atoms with Gasteiger partial charge in [-0.3, -0.25) is 4.21 Å². The highest BCUT2D eigenvalue weighted by atomic mass is 32.2. The summed E-state index contributed by atoms with van der Waals surface area (Å²) in [6, 6.07) is 0. The second kappa shape index (κ2) is 4.22. The van der Waals surface area contributed by atoms with Crippen molar-refractivity contribution in [2.45, 2.75) is 18.9 Å². The van der Waals surface area contributed by atoms with E-state index in [2.05, 4.69) is 10.2 Å². The number of ether oxygens (including phenoxy) is 1. The molecule has 1 fully saturated rings. The standard InChI is InChI=1S/C7H11N3O2S2/c8-6-9-10-7(13-6)12-5-1-3-14(11)4-2-5/h5H,1-4H2,(H2,8,9). The third-order valence-electron chi connectivity index (χ3n) is 2.02. The maximum atomic E-state index is 11.1. The highest BCUT2D eigenvalue weighted by Crippen LogP contribution is 2.23. The molecule has 1 aromatic rings. The van der Waals surface area contributed by atoms with Gasteiger partial charge < -0.3 is 10.5 Å². The second-order valence-corrected chi connectivity index (χ2v) is 5.74. The molecule has 78 valence electrons. The van der Waals surface area contributed by atoms with Crippen molar-refractivity contribution in [2.24, 2.45) is 0 Å². The number of hydrogen-bond acceptors (Lipinski definition) is 6. The van der Waals surface area contributed by atoms with E-state index < -0.39 is 10.8 Å². The van der Waals surface area contributed by atoms with Gasteiger partial charge in [-0.2, -0.15) is 0 Å². The van der Waals surface area contributed by atoms with Crippen LogP contribution in [0.2, 0.25) is 0 Å². The summed E-state index contributed by atoms with van der Waals surface area (Å²) >= 11 is 1.24. The molecule has 0 bridgehead atoms. The molecule has 0 aliphatic carbocycles. The Bertz CT molecular complexity index is 331. The summed E-state index contributed by atoms with van der Waals surface area (Å²) in [7, 11) is -0.651. The average molecular weight is 233 g/mol. The molecule has 5 nitrogen and oxygen atoms in total. The lowest BCUT2D eigenvalue weighted by molar-refractivity contribution is 0.189. The molecule has 14 heavy (non-hydrogen) atoms. The zero-order chi connectivity index (χ0) is 9.97. The summed E-state index contributed by atoms with van der Waals surface area (Å²) < 4.78 is 16.6. The van der Waals surface area contributed by atoms with Crippen molar-refractivity contribution < 1.29 is 8.95 Å². The lowest BCUT2D eigenvalue weighted by atomic mass is 10.2. The van der Waals surface area contributed by atoms with Crippen LogP contribution in [0.15, 0.2) is 0 Å². The van der Waals surface area contributed by atoms with E-state index in [1.807, 2.05) is 0 Å². The van der Waals surface area contributed by atoms with Crippen molar-refractivity contribution in [1.29, 1.82) is 0 Å². The molecule has 1 saturated heterocycles. The maximum absolute atomic E-state index is 11.1. The Hall–Kier alpha value is -0.690. The fraction of sp³-hybridized carbons (Fsp3) is 0.714. The van der Waals surface area contributed by atoms with Gasteiger partial charge in [0.05, 0.1) is 0 Å². The van der Waals surface area contributed by atoms with Crippen LogP contribution in [-0.4, -0.2) is 32.0 Å². The number of rotatable bonds is 2. The van der Waals surface area contributed by atoms with Crippen molar-refractivity contribution in [2.75, 3.05) is 17.2 Å². The zero-order valence-electron chi connectivity index (χ0n) is 7.51. The van der Waals surface area contributed by atoms with Gasteiger partial charge in [-0.25, -0.2) is 0 Å². The van der Waals surface area contributed by atoms with E-state index in [-0.39, 0.29) is 6.10 Å². The van der Waals surface area contributed by atoms with Crippen molar-refractivity contribution in [1.82, 2.24) is 10.2 Å². The van der Waals surface area contributed by atoms with Crippen LogP contribution in [0, 0.1) is 0 Å². The normalized spacial score (nSPS) is 27.4. The molecule has 0 atom stereocenters. The minimum atomic E-state index is -0.651. The third kappa shape index (κ3) is 2.42. The molecule has 2 N–H and O–H groups in total. The summed E-state index contributed by atoms with van der Waals surface area (Å²) in [5.74, 6) is 1.44. The summed E-state index contributed by atoms with van der Waals surface area (Å²) in [5, 5.41) is 8.36. The van der Waals surface area contributed by atoms with Crippen molar-refractivity contribution in [3.63, 3.8) is 0 Å². The summed E-state index contributed by atoms with van der Waals surface area (Å²) in [6.45, 7) is 0. The highest BCUT2D eigenvalue weighted by molar-refractivity contribution is 7.85. The summed E-state index contributed by atoms with van der Waals surface area (Å²) in [5.41, 5.74) is 5.42. The quantitative estimate of drug-likeness (QED) is 0.800. The minimum absolute atomic E-state index is 0.125. The molecule has 0 spiro atoms. The van der Waals surface area contributed by atoms with Gasteiger partial charge in [0.2, 0.25) is 5.13 Å². The Kier molecular flexibility index (Phi) is 2.97. The third-order valence-corrected chi connectivity index (χ3v) is 4.05. The van der Waals surface area contributed by atoms with E-state index in [4.69, 9.17) is 10.5 Å².